The minimum absolute atomic E-state index is 0.0596. The van der Waals surface area contributed by atoms with Gasteiger partial charge in [0.15, 0.2) is 11.1 Å². The molecule has 9 nitrogen and oxygen atoms in total. The van der Waals surface area contributed by atoms with Gasteiger partial charge in [-0.1, -0.05) is 0 Å². The summed E-state index contributed by atoms with van der Waals surface area (Å²) < 4.78 is 45.7. The Morgan fingerprint density at radius 2 is 1.79 bits per heavy atom. The summed E-state index contributed by atoms with van der Waals surface area (Å²) in [6.07, 6.45) is -1.79. The van der Waals surface area contributed by atoms with Crippen molar-refractivity contribution >= 4 is 34.3 Å². The van der Waals surface area contributed by atoms with Crippen molar-refractivity contribution in [3.8, 4) is 11.4 Å². The summed E-state index contributed by atoms with van der Waals surface area (Å²) in [5, 5.41) is 5.08. The van der Waals surface area contributed by atoms with E-state index in [1.165, 1.54) is 25.7 Å². The van der Waals surface area contributed by atoms with Gasteiger partial charge in [-0.15, -0.1) is 0 Å². The zero-order chi connectivity index (χ0) is 24.5. The number of carbonyl (C=O) groups is 1. The van der Waals surface area contributed by atoms with E-state index in [-0.39, 0.29) is 28.1 Å². The van der Waals surface area contributed by atoms with Crippen LogP contribution >= 0.6 is 0 Å². The molecule has 0 spiro atoms. The number of pyridine rings is 1. The lowest BCUT2D eigenvalue weighted by Gasteiger charge is -2.14. The second kappa shape index (κ2) is 8.73. The van der Waals surface area contributed by atoms with E-state index in [4.69, 9.17) is 10.5 Å². The van der Waals surface area contributed by atoms with Gasteiger partial charge in [0.2, 0.25) is 0 Å². The van der Waals surface area contributed by atoms with Gasteiger partial charge in [-0.05, 0) is 42.5 Å². The van der Waals surface area contributed by atoms with Crippen molar-refractivity contribution in [1.82, 2.24) is 14.5 Å². The van der Waals surface area contributed by atoms with Gasteiger partial charge in [0.1, 0.15) is 23.3 Å². The molecule has 0 fully saturated rings. The SMILES string of the molecule is COc1ccc(C(F)(F)F)cc1NC(=O)Nc1ccc(-n2ccc(=O)c3c(N)ncnc32)cc1. The topological polar surface area (TPSA) is 124 Å². The molecule has 2 heterocycles. The highest BCUT2D eigenvalue weighted by Crippen LogP contribution is 2.35. The van der Waals surface area contributed by atoms with Gasteiger partial charge in [0.25, 0.3) is 0 Å². The fourth-order valence-corrected chi connectivity index (χ4v) is 3.29. The van der Waals surface area contributed by atoms with E-state index in [9.17, 15) is 22.8 Å². The van der Waals surface area contributed by atoms with Crippen molar-refractivity contribution in [3.05, 3.63) is 76.8 Å². The molecule has 0 radical (unpaired) electrons. The number of urea groups is 1. The lowest BCUT2D eigenvalue weighted by atomic mass is 10.2. The normalized spacial score (nSPS) is 11.3. The van der Waals surface area contributed by atoms with Crippen molar-refractivity contribution in [2.75, 3.05) is 23.5 Å². The Morgan fingerprint density at radius 1 is 1.06 bits per heavy atom. The van der Waals surface area contributed by atoms with Crippen LogP contribution in [0.4, 0.5) is 35.2 Å². The number of nitrogens with two attached hydrogens (primary N) is 1. The smallest absolute Gasteiger partial charge is 0.416 e. The average Bonchev–Trinajstić information content (AvgIpc) is 2.79. The molecule has 2 aromatic heterocycles. The highest BCUT2D eigenvalue weighted by Gasteiger charge is 2.31. The number of anilines is 3. The van der Waals surface area contributed by atoms with Crippen LogP contribution in [-0.4, -0.2) is 27.7 Å². The van der Waals surface area contributed by atoms with Crippen LogP contribution in [0.5, 0.6) is 5.75 Å². The van der Waals surface area contributed by atoms with E-state index >= 15 is 0 Å². The number of carbonyl (C=O) groups excluding carboxylic acids is 1. The van der Waals surface area contributed by atoms with Crippen LogP contribution in [0.25, 0.3) is 16.7 Å². The maximum absolute atomic E-state index is 13.0. The van der Waals surface area contributed by atoms with Crippen LogP contribution < -0.4 is 26.5 Å². The second-order valence-corrected chi connectivity index (χ2v) is 7.05. The number of nitrogens with zero attached hydrogens (tertiary/aromatic N) is 3. The van der Waals surface area contributed by atoms with Crippen LogP contribution in [0.1, 0.15) is 5.56 Å². The van der Waals surface area contributed by atoms with Crippen molar-refractivity contribution in [2.24, 2.45) is 0 Å². The van der Waals surface area contributed by atoms with Crippen molar-refractivity contribution in [2.45, 2.75) is 6.18 Å². The number of aromatic nitrogens is 3. The Hall–Kier alpha value is -4.61. The molecule has 4 rings (SSSR count). The average molecular weight is 470 g/mol. The minimum Gasteiger partial charge on any atom is -0.495 e. The molecule has 0 atom stereocenters. The number of rotatable bonds is 4. The van der Waals surface area contributed by atoms with Crippen LogP contribution in [0.2, 0.25) is 0 Å². The molecule has 174 valence electrons. The fourth-order valence-electron chi connectivity index (χ4n) is 3.29. The molecule has 0 aliphatic heterocycles. The molecular formula is C22H17F3N6O3. The monoisotopic (exact) mass is 470 g/mol. The molecule has 4 aromatic rings. The minimum atomic E-state index is -4.57. The molecule has 0 saturated heterocycles. The fraction of sp³-hybridized carbons (Fsp3) is 0.0909. The summed E-state index contributed by atoms with van der Waals surface area (Å²) in [7, 11) is 1.28. The molecule has 34 heavy (non-hydrogen) atoms. The van der Waals surface area contributed by atoms with Gasteiger partial charge >= 0.3 is 12.2 Å². The number of methoxy groups -OCH3 is 1. The molecule has 2 aromatic carbocycles. The molecule has 0 aliphatic carbocycles. The third-order valence-electron chi connectivity index (χ3n) is 4.88. The molecule has 0 bridgehead atoms. The molecule has 4 N–H and O–H groups in total. The van der Waals surface area contributed by atoms with Crippen LogP contribution in [0, 0.1) is 0 Å². The highest BCUT2D eigenvalue weighted by atomic mass is 19.4. The van der Waals surface area contributed by atoms with Crippen LogP contribution in [0.15, 0.2) is 65.8 Å². The van der Waals surface area contributed by atoms with E-state index < -0.39 is 17.8 Å². The summed E-state index contributed by atoms with van der Waals surface area (Å²) >= 11 is 0. The quantitative estimate of drug-likeness (QED) is 0.414. The largest absolute Gasteiger partial charge is 0.495 e. The van der Waals surface area contributed by atoms with Crippen molar-refractivity contribution < 1.29 is 22.7 Å². The summed E-state index contributed by atoms with van der Waals surface area (Å²) in [6.45, 7) is 0. The Balaban J connectivity index is 1.55. The van der Waals surface area contributed by atoms with Gasteiger partial charge in [0.05, 0.1) is 18.4 Å². The molecule has 12 heteroatoms. The number of hydrogen-bond donors (Lipinski definition) is 3. The summed E-state index contributed by atoms with van der Waals surface area (Å²) in [5.74, 6) is 0.134. The summed E-state index contributed by atoms with van der Waals surface area (Å²) in [5.41, 5.74) is 5.73. The first kappa shape index (κ1) is 22.6. The lowest BCUT2D eigenvalue weighted by molar-refractivity contribution is -0.137. The van der Waals surface area contributed by atoms with Gasteiger partial charge in [0, 0.05) is 23.6 Å². The second-order valence-electron chi connectivity index (χ2n) is 7.05. The lowest BCUT2D eigenvalue weighted by Crippen LogP contribution is -2.20. The highest BCUT2D eigenvalue weighted by molar-refractivity contribution is 6.00. The van der Waals surface area contributed by atoms with Gasteiger partial charge in [-0.25, -0.2) is 14.8 Å². The number of alkyl halides is 3. The maximum atomic E-state index is 13.0. The van der Waals surface area contributed by atoms with Crippen LogP contribution in [0.3, 0.4) is 0 Å². The standard InChI is InChI=1S/C22H17F3N6O3/c1-34-17-7-2-12(22(23,24)25)10-15(17)30-21(33)29-13-3-5-14(6-4-13)31-9-8-16(32)18-19(26)27-11-28-20(18)31/h2-11H,1H3,(H2,26,27,28)(H2,29,30,33). The number of benzene rings is 2. The van der Waals surface area contributed by atoms with Crippen molar-refractivity contribution in [3.63, 3.8) is 0 Å². The Labute approximate surface area is 190 Å². The summed E-state index contributed by atoms with van der Waals surface area (Å²) in [6, 6.07) is 9.81. The summed E-state index contributed by atoms with van der Waals surface area (Å²) in [4.78, 5) is 32.5. The number of halogens is 3. The van der Waals surface area contributed by atoms with Crippen molar-refractivity contribution in [1.29, 1.82) is 0 Å². The zero-order valence-electron chi connectivity index (χ0n) is 17.6. The number of nitrogen functional groups attached to an aromatic ring is 1. The predicted octanol–water partition coefficient (Wildman–Crippen LogP) is 4.03. The van der Waals surface area contributed by atoms with E-state index in [0.717, 1.165) is 18.2 Å². The maximum Gasteiger partial charge on any atom is 0.416 e. The molecule has 2 amide bonds. The third-order valence-corrected chi connectivity index (χ3v) is 4.88. The van der Waals surface area contributed by atoms with E-state index in [1.54, 1.807) is 28.8 Å². The molecule has 0 aliphatic rings. The van der Waals surface area contributed by atoms with E-state index in [0.29, 0.717) is 17.0 Å². The number of hydrogen-bond acceptors (Lipinski definition) is 6. The first-order valence-corrected chi connectivity index (χ1v) is 9.73. The van der Waals surface area contributed by atoms with E-state index in [1.807, 2.05) is 0 Å². The molecule has 0 saturated carbocycles. The Morgan fingerprint density at radius 3 is 2.47 bits per heavy atom. The first-order valence-electron chi connectivity index (χ1n) is 9.73. The Bertz CT molecular complexity index is 1440. The number of ether oxygens (including phenoxy) is 1. The third kappa shape index (κ3) is 4.46. The number of fused-ring (bicyclic) bond motifs is 1. The first-order chi connectivity index (χ1) is 16.2. The Kier molecular flexibility index (Phi) is 5.80. The predicted molar refractivity (Wildman–Crippen MR) is 120 cm³/mol. The number of amides is 2. The molecular weight excluding hydrogens is 453 g/mol. The molecule has 0 unspecified atom stereocenters. The van der Waals surface area contributed by atoms with E-state index in [2.05, 4.69) is 20.6 Å². The van der Waals surface area contributed by atoms with Crippen LogP contribution in [-0.2, 0) is 6.18 Å². The van der Waals surface area contributed by atoms with Gasteiger partial charge < -0.3 is 25.7 Å². The van der Waals surface area contributed by atoms with Gasteiger partial charge in [-0.3, -0.25) is 4.79 Å². The number of nitrogens with one attached hydrogen (secondary N) is 2. The zero-order valence-corrected chi connectivity index (χ0v) is 17.6. The van der Waals surface area contributed by atoms with Gasteiger partial charge in [-0.2, -0.15) is 13.2 Å².